The van der Waals surface area contributed by atoms with Gasteiger partial charge in [-0.1, -0.05) is 28.1 Å². The summed E-state index contributed by atoms with van der Waals surface area (Å²) in [4.78, 5) is 15.3. The molecular weight excluding hydrogens is 332 g/mol. The summed E-state index contributed by atoms with van der Waals surface area (Å²) in [5.74, 6) is -0.742. The molecule has 0 radical (unpaired) electrons. The average molecular weight is 355 g/mol. The number of aliphatic carboxylic acids is 1. The van der Waals surface area contributed by atoms with Gasteiger partial charge in [-0.15, -0.1) is 0 Å². The molecule has 1 heterocycles. The molecule has 1 aromatic rings. The molecule has 0 amide bonds. The van der Waals surface area contributed by atoms with Gasteiger partial charge in [-0.05, 0) is 57.1 Å². The van der Waals surface area contributed by atoms with E-state index in [0.717, 1.165) is 43.4 Å². The number of carboxylic acid groups (broad SMARTS) is 1. The highest BCUT2D eigenvalue weighted by atomic mass is 79.9. The van der Waals surface area contributed by atoms with Crippen molar-refractivity contribution in [3.63, 3.8) is 0 Å². The molecule has 0 aromatic heterocycles. The molecule has 1 saturated heterocycles. The Hall–Kier alpha value is -0.910. The Morgan fingerprint density at radius 2 is 2.05 bits per heavy atom. The number of benzene rings is 1. The number of likely N-dealkylation sites (N-methyl/N-ethyl adjacent to an activating group) is 1. The van der Waals surface area contributed by atoms with E-state index in [2.05, 4.69) is 45.1 Å². The van der Waals surface area contributed by atoms with Crippen LogP contribution < -0.4 is 0 Å². The summed E-state index contributed by atoms with van der Waals surface area (Å²) in [6, 6.07) is 8.86. The van der Waals surface area contributed by atoms with Crippen molar-refractivity contribution in [1.29, 1.82) is 0 Å². The van der Waals surface area contributed by atoms with Gasteiger partial charge in [0.1, 0.15) is 0 Å². The van der Waals surface area contributed by atoms with Crippen LogP contribution in [-0.2, 0) is 11.3 Å². The van der Waals surface area contributed by atoms with Crippen molar-refractivity contribution < 1.29 is 9.90 Å². The Morgan fingerprint density at radius 3 is 2.71 bits per heavy atom. The molecule has 1 fully saturated rings. The third-order valence-electron chi connectivity index (χ3n) is 4.12. The van der Waals surface area contributed by atoms with Gasteiger partial charge in [0.05, 0.1) is 6.54 Å². The van der Waals surface area contributed by atoms with E-state index in [1.165, 1.54) is 5.56 Å². The maximum absolute atomic E-state index is 10.8. The van der Waals surface area contributed by atoms with E-state index in [1.807, 2.05) is 11.9 Å². The second kappa shape index (κ2) is 7.92. The van der Waals surface area contributed by atoms with E-state index < -0.39 is 5.97 Å². The van der Waals surface area contributed by atoms with Crippen molar-refractivity contribution in [3.8, 4) is 0 Å². The molecule has 1 aliphatic rings. The zero-order valence-corrected chi connectivity index (χ0v) is 14.1. The number of likely N-dealkylation sites (tertiary alicyclic amines) is 1. The SMILES string of the molecule is CN(CC(=O)O)C1CCCN(Cc2ccc(Br)cc2)CC1. The van der Waals surface area contributed by atoms with Gasteiger partial charge in [-0.25, -0.2) is 0 Å². The second-order valence-electron chi connectivity index (χ2n) is 5.80. The summed E-state index contributed by atoms with van der Waals surface area (Å²) in [5.41, 5.74) is 1.33. The molecule has 116 valence electrons. The first-order valence-corrected chi connectivity index (χ1v) is 8.23. The van der Waals surface area contributed by atoms with Gasteiger partial charge in [-0.3, -0.25) is 14.6 Å². The highest BCUT2D eigenvalue weighted by molar-refractivity contribution is 9.10. The molecule has 21 heavy (non-hydrogen) atoms. The second-order valence-corrected chi connectivity index (χ2v) is 6.71. The molecular formula is C16H23BrN2O2. The Morgan fingerprint density at radius 1 is 1.33 bits per heavy atom. The summed E-state index contributed by atoms with van der Waals surface area (Å²) < 4.78 is 1.11. The van der Waals surface area contributed by atoms with E-state index in [0.29, 0.717) is 6.04 Å². The minimum atomic E-state index is -0.742. The largest absolute Gasteiger partial charge is 0.480 e. The van der Waals surface area contributed by atoms with Crippen LogP contribution in [0.25, 0.3) is 0 Å². The van der Waals surface area contributed by atoms with Crippen LogP contribution in [0.5, 0.6) is 0 Å². The van der Waals surface area contributed by atoms with Crippen molar-refractivity contribution in [3.05, 3.63) is 34.3 Å². The predicted molar refractivity (Wildman–Crippen MR) is 87.3 cm³/mol. The van der Waals surface area contributed by atoms with Crippen LogP contribution in [0.15, 0.2) is 28.7 Å². The van der Waals surface area contributed by atoms with E-state index in [9.17, 15) is 4.79 Å². The Balaban J connectivity index is 1.85. The van der Waals surface area contributed by atoms with Gasteiger partial charge in [0.15, 0.2) is 0 Å². The van der Waals surface area contributed by atoms with Gasteiger partial charge < -0.3 is 5.11 Å². The molecule has 0 saturated carbocycles. The van der Waals surface area contributed by atoms with Crippen LogP contribution in [0, 0.1) is 0 Å². The molecule has 1 aliphatic heterocycles. The third-order valence-corrected chi connectivity index (χ3v) is 4.65. The van der Waals surface area contributed by atoms with Crippen LogP contribution in [0.2, 0.25) is 0 Å². The molecule has 0 aliphatic carbocycles. The molecule has 5 heteroatoms. The van der Waals surface area contributed by atoms with Gasteiger partial charge in [0, 0.05) is 17.1 Å². The van der Waals surface area contributed by atoms with Crippen molar-refractivity contribution in [2.45, 2.75) is 31.8 Å². The highest BCUT2D eigenvalue weighted by Gasteiger charge is 2.21. The first kappa shape index (κ1) is 16.5. The summed E-state index contributed by atoms with van der Waals surface area (Å²) in [5, 5.41) is 8.90. The first-order chi connectivity index (χ1) is 10.0. The van der Waals surface area contributed by atoms with E-state index in [4.69, 9.17) is 5.11 Å². The van der Waals surface area contributed by atoms with Gasteiger partial charge >= 0.3 is 5.97 Å². The van der Waals surface area contributed by atoms with Crippen molar-refractivity contribution in [2.24, 2.45) is 0 Å². The fourth-order valence-corrected chi connectivity index (χ4v) is 3.19. The topological polar surface area (TPSA) is 43.8 Å². The lowest BCUT2D eigenvalue weighted by molar-refractivity contribution is -0.138. The minimum Gasteiger partial charge on any atom is -0.480 e. The number of carboxylic acids is 1. The molecule has 1 unspecified atom stereocenters. The average Bonchev–Trinajstić information content (AvgIpc) is 2.66. The van der Waals surface area contributed by atoms with Crippen LogP contribution in [0.4, 0.5) is 0 Å². The lowest BCUT2D eigenvalue weighted by Crippen LogP contribution is -2.36. The van der Waals surface area contributed by atoms with Gasteiger partial charge in [-0.2, -0.15) is 0 Å². The van der Waals surface area contributed by atoms with Gasteiger partial charge in [0.25, 0.3) is 0 Å². The van der Waals surface area contributed by atoms with Crippen molar-refractivity contribution in [2.75, 3.05) is 26.7 Å². The molecule has 0 bridgehead atoms. The number of rotatable bonds is 5. The maximum Gasteiger partial charge on any atom is 0.317 e. The summed E-state index contributed by atoms with van der Waals surface area (Å²) in [6.07, 6.45) is 3.26. The Labute approximate surface area is 134 Å². The zero-order valence-electron chi connectivity index (χ0n) is 12.5. The third kappa shape index (κ3) is 5.41. The Kier molecular flexibility index (Phi) is 6.21. The minimum absolute atomic E-state index is 0.136. The van der Waals surface area contributed by atoms with Crippen molar-refractivity contribution in [1.82, 2.24) is 9.80 Å². The predicted octanol–water partition coefficient (Wildman–Crippen LogP) is 2.82. The normalized spacial score (nSPS) is 20.4. The highest BCUT2D eigenvalue weighted by Crippen LogP contribution is 2.18. The lowest BCUT2D eigenvalue weighted by atomic mass is 10.1. The fourth-order valence-electron chi connectivity index (χ4n) is 2.93. The van der Waals surface area contributed by atoms with Crippen molar-refractivity contribution >= 4 is 21.9 Å². The number of carbonyl (C=O) groups is 1. The monoisotopic (exact) mass is 354 g/mol. The maximum atomic E-state index is 10.8. The smallest absolute Gasteiger partial charge is 0.317 e. The van der Waals surface area contributed by atoms with Gasteiger partial charge in [0.2, 0.25) is 0 Å². The first-order valence-electron chi connectivity index (χ1n) is 7.43. The molecule has 1 atom stereocenters. The molecule has 0 spiro atoms. The summed E-state index contributed by atoms with van der Waals surface area (Å²) in [6.45, 7) is 3.23. The van der Waals surface area contributed by atoms with Crippen LogP contribution >= 0.6 is 15.9 Å². The zero-order chi connectivity index (χ0) is 15.2. The standard InChI is InChI=1S/C16H23BrN2O2/c1-18(12-16(20)21)15-3-2-9-19(10-8-15)11-13-4-6-14(17)7-5-13/h4-7,15H,2-3,8-12H2,1H3,(H,20,21). The van der Waals surface area contributed by atoms with Crippen LogP contribution in [0.1, 0.15) is 24.8 Å². The fraction of sp³-hybridized carbons (Fsp3) is 0.562. The molecule has 1 N–H and O–H groups in total. The molecule has 1 aromatic carbocycles. The molecule has 4 nitrogen and oxygen atoms in total. The van der Waals surface area contributed by atoms with Crippen LogP contribution in [-0.4, -0.2) is 53.6 Å². The Bertz CT molecular complexity index is 464. The van der Waals surface area contributed by atoms with E-state index in [1.54, 1.807) is 0 Å². The molecule has 2 rings (SSSR count). The number of nitrogens with zero attached hydrogens (tertiary/aromatic N) is 2. The van der Waals surface area contributed by atoms with E-state index in [-0.39, 0.29) is 6.54 Å². The number of halogens is 1. The summed E-state index contributed by atoms with van der Waals surface area (Å²) in [7, 11) is 1.92. The number of hydrogen-bond acceptors (Lipinski definition) is 3. The lowest BCUT2D eigenvalue weighted by Gasteiger charge is -2.25. The summed E-state index contributed by atoms with van der Waals surface area (Å²) >= 11 is 3.46. The van der Waals surface area contributed by atoms with E-state index >= 15 is 0 Å². The van der Waals surface area contributed by atoms with Crippen LogP contribution in [0.3, 0.4) is 0 Å². The quantitative estimate of drug-likeness (QED) is 0.882. The number of hydrogen-bond donors (Lipinski definition) is 1.